The maximum absolute atomic E-state index is 6.36. The predicted molar refractivity (Wildman–Crippen MR) is 85.4 cm³/mol. The fourth-order valence-corrected chi connectivity index (χ4v) is 4.30. The zero-order valence-electron chi connectivity index (χ0n) is 12.0. The zero-order chi connectivity index (χ0) is 14.0. The Kier molecular flexibility index (Phi) is 4.49. The van der Waals surface area contributed by atoms with Crippen LogP contribution in [-0.2, 0) is 11.3 Å². The van der Waals surface area contributed by atoms with Crippen LogP contribution in [0.1, 0.15) is 50.5 Å². The van der Waals surface area contributed by atoms with Crippen molar-refractivity contribution in [2.24, 2.45) is 11.1 Å². The molecular formula is C17H24BrNO. The normalized spacial score (nSPS) is 28.9. The minimum Gasteiger partial charge on any atom is -0.373 e. The predicted octanol–water partition coefficient (Wildman–Crippen LogP) is 4.41. The van der Waals surface area contributed by atoms with Crippen LogP contribution in [0.5, 0.6) is 0 Å². The van der Waals surface area contributed by atoms with Gasteiger partial charge in [-0.2, -0.15) is 0 Å². The summed E-state index contributed by atoms with van der Waals surface area (Å²) in [5, 5.41) is 0. The summed E-state index contributed by atoms with van der Waals surface area (Å²) in [5.41, 5.74) is 7.87. The molecule has 1 aromatic rings. The number of hydrogen-bond donors (Lipinski definition) is 1. The molecule has 0 amide bonds. The lowest BCUT2D eigenvalue weighted by Gasteiger charge is -2.54. The second kappa shape index (κ2) is 6.17. The summed E-state index contributed by atoms with van der Waals surface area (Å²) < 4.78 is 7.39. The lowest BCUT2D eigenvalue weighted by atomic mass is 9.58. The van der Waals surface area contributed by atoms with Gasteiger partial charge >= 0.3 is 0 Å². The highest BCUT2D eigenvalue weighted by Crippen LogP contribution is 2.51. The molecule has 0 aliphatic heterocycles. The van der Waals surface area contributed by atoms with Gasteiger partial charge in [-0.3, -0.25) is 0 Å². The Balaban J connectivity index is 1.64. The summed E-state index contributed by atoms with van der Waals surface area (Å²) >= 11 is 3.59. The Morgan fingerprint density at radius 1 is 1.15 bits per heavy atom. The van der Waals surface area contributed by atoms with E-state index in [0.29, 0.717) is 18.8 Å². The third kappa shape index (κ3) is 2.68. The Morgan fingerprint density at radius 2 is 1.85 bits per heavy atom. The Morgan fingerprint density at radius 3 is 2.50 bits per heavy atom. The smallest absolute Gasteiger partial charge is 0.0731 e. The molecule has 110 valence electrons. The lowest BCUT2D eigenvalue weighted by molar-refractivity contribution is -0.141. The van der Waals surface area contributed by atoms with Crippen molar-refractivity contribution >= 4 is 15.9 Å². The van der Waals surface area contributed by atoms with Gasteiger partial charge in [0.05, 0.1) is 12.7 Å². The van der Waals surface area contributed by atoms with E-state index in [0.717, 1.165) is 10.9 Å². The van der Waals surface area contributed by atoms with E-state index in [1.165, 1.54) is 44.1 Å². The lowest BCUT2D eigenvalue weighted by Crippen LogP contribution is -2.62. The van der Waals surface area contributed by atoms with E-state index in [1.807, 2.05) is 6.07 Å². The molecule has 0 aromatic heterocycles. The fourth-order valence-electron chi connectivity index (χ4n) is 3.90. The van der Waals surface area contributed by atoms with Crippen molar-refractivity contribution in [3.63, 3.8) is 0 Å². The average Bonchev–Trinajstić information content (AvgIpc) is 2.73. The van der Waals surface area contributed by atoms with Gasteiger partial charge < -0.3 is 10.5 Å². The Hall–Kier alpha value is -0.380. The molecule has 0 saturated heterocycles. The van der Waals surface area contributed by atoms with Gasteiger partial charge in [0.2, 0.25) is 0 Å². The van der Waals surface area contributed by atoms with Gasteiger partial charge in [-0.25, -0.2) is 0 Å². The van der Waals surface area contributed by atoms with Crippen molar-refractivity contribution in [1.82, 2.24) is 0 Å². The number of nitrogens with two attached hydrogens (primary N) is 1. The highest BCUT2D eigenvalue weighted by molar-refractivity contribution is 9.10. The van der Waals surface area contributed by atoms with Crippen molar-refractivity contribution in [2.75, 3.05) is 0 Å². The third-order valence-electron chi connectivity index (χ3n) is 5.28. The summed E-state index contributed by atoms with van der Waals surface area (Å²) in [5.74, 6) is 0. The highest BCUT2D eigenvalue weighted by Gasteiger charge is 2.53. The maximum atomic E-state index is 6.36. The molecule has 2 N–H and O–H groups in total. The van der Waals surface area contributed by atoms with E-state index in [-0.39, 0.29) is 5.41 Å². The average molecular weight is 338 g/mol. The van der Waals surface area contributed by atoms with Crippen LogP contribution in [0.25, 0.3) is 0 Å². The first-order valence-electron chi connectivity index (χ1n) is 7.83. The molecule has 2 atom stereocenters. The first kappa shape index (κ1) is 14.6. The van der Waals surface area contributed by atoms with E-state index in [1.54, 1.807) is 0 Å². The largest absolute Gasteiger partial charge is 0.373 e. The van der Waals surface area contributed by atoms with E-state index in [4.69, 9.17) is 10.5 Å². The SMILES string of the molecule is NC1CC(OCc2ccccc2Br)C12CCCCCC2. The summed E-state index contributed by atoms with van der Waals surface area (Å²) in [6.07, 6.45) is 9.29. The van der Waals surface area contributed by atoms with Crippen LogP contribution in [-0.4, -0.2) is 12.1 Å². The standard InChI is InChI=1S/C17H24BrNO/c18-14-8-4-3-7-13(14)12-20-16-11-15(19)17(16)9-5-1-2-6-10-17/h3-4,7-8,15-16H,1-2,5-6,9-12,19H2. The van der Waals surface area contributed by atoms with Crippen molar-refractivity contribution in [2.45, 2.75) is 63.7 Å². The summed E-state index contributed by atoms with van der Waals surface area (Å²) in [7, 11) is 0. The Labute approximate surface area is 130 Å². The van der Waals surface area contributed by atoms with Crippen LogP contribution in [0.15, 0.2) is 28.7 Å². The molecule has 3 heteroatoms. The maximum Gasteiger partial charge on any atom is 0.0731 e. The molecule has 20 heavy (non-hydrogen) atoms. The van der Waals surface area contributed by atoms with Gasteiger partial charge in [-0.15, -0.1) is 0 Å². The van der Waals surface area contributed by atoms with E-state index in [9.17, 15) is 0 Å². The topological polar surface area (TPSA) is 35.2 Å². The second-order valence-electron chi connectivity index (χ2n) is 6.38. The summed E-state index contributed by atoms with van der Waals surface area (Å²) in [6.45, 7) is 0.695. The van der Waals surface area contributed by atoms with E-state index in [2.05, 4.69) is 34.1 Å². The first-order valence-corrected chi connectivity index (χ1v) is 8.62. The molecular weight excluding hydrogens is 314 g/mol. The van der Waals surface area contributed by atoms with Gasteiger partial charge in [0.25, 0.3) is 0 Å². The molecule has 2 aliphatic rings. The Bertz CT molecular complexity index is 454. The van der Waals surface area contributed by atoms with Crippen molar-refractivity contribution in [1.29, 1.82) is 0 Å². The highest BCUT2D eigenvalue weighted by atomic mass is 79.9. The molecule has 1 spiro atoms. The van der Waals surface area contributed by atoms with Crippen molar-refractivity contribution in [3.8, 4) is 0 Å². The van der Waals surface area contributed by atoms with Gasteiger partial charge in [0, 0.05) is 15.9 Å². The minimum absolute atomic E-state index is 0.276. The van der Waals surface area contributed by atoms with Gasteiger partial charge in [-0.1, -0.05) is 59.8 Å². The van der Waals surface area contributed by atoms with Crippen LogP contribution >= 0.6 is 15.9 Å². The molecule has 3 rings (SSSR count). The molecule has 0 heterocycles. The van der Waals surface area contributed by atoms with Gasteiger partial charge in [0.15, 0.2) is 0 Å². The molecule has 1 aromatic carbocycles. The van der Waals surface area contributed by atoms with Crippen molar-refractivity contribution in [3.05, 3.63) is 34.3 Å². The van der Waals surface area contributed by atoms with Crippen LogP contribution < -0.4 is 5.73 Å². The van der Waals surface area contributed by atoms with Crippen molar-refractivity contribution < 1.29 is 4.74 Å². The molecule has 0 radical (unpaired) electrons. The van der Waals surface area contributed by atoms with E-state index < -0.39 is 0 Å². The summed E-state index contributed by atoms with van der Waals surface area (Å²) in [4.78, 5) is 0. The first-order chi connectivity index (χ1) is 9.72. The molecule has 2 unspecified atom stereocenters. The van der Waals surface area contributed by atoms with E-state index >= 15 is 0 Å². The van der Waals surface area contributed by atoms with Gasteiger partial charge in [0.1, 0.15) is 0 Å². The number of benzene rings is 1. The third-order valence-corrected chi connectivity index (χ3v) is 6.05. The second-order valence-corrected chi connectivity index (χ2v) is 7.23. The summed E-state index contributed by atoms with van der Waals surface area (Å²) in [6, 6.07) is 8.66. The number of rotatable bonds is 3. The molecule has 0 bridgehead atoms. The van der Waals surface area contributed by atoms with Crippen LogP contribution in [0.4, 0.5) is 0 Å². The number of halogens is 1. The van der Waals surface area contributed by atoms with Crippen LogP contribution in [0.3, 0.4) is 0 Å². The molecule has 2 nitrogen and oxygen atoms in total. The van der Waals surface area contributed by atoms with Crippen LogP contribution in [0, 0.1) is 5.41 Å². The quantitative estimate of drug-likeness (QED) is 0.886. The monoisotopic (exact) mass is 337 g/mol. The minimum atomic E-state index is 0.276. The molecule has 2 aliphatic carbocycles. The van der Waals surface area contributed by atoms with Gasteiger partial charge in [-0.05, 0) is 30.9 Å². The molecule has 2 saturated carbocycles. The fraction of sp³-hybridized carbons (Fsp3) is 0.647. The zero-order valence-corrected chi connectivity index (χ0v) is 13.6. The number of ether oxygens (including phenoxy) is 1. The van der Waals surface area contributed by atoms with Crippen LogP contribution in [0.2, 0.25) is 0 Å². The number of hydrogen-bond acceptors (Lipinski definition) is 2. The molecule has 2 fully saturated rings.